The molecule has 35 heavy (non-hydrogen) atoms. The van der Waals surface area contributed by atoms with Crippen LogP contribution >= 0.6 is 0 Å². The first kappa shape index (κ1) is 38.6. The van der Waals surface area contributed by atoms with Gasteiger partial charge in [0, 0.05) is 7.11 Å². The Morgan fingerprint density at radius 2 is 1.00 bits per heavy atom. The monoisotopic (exact) mass is 505 g/mol. The third-order valence-corrected chi connectivity index (χ3v) is 2.69. The molecule has 0 radical (unpaired) electrons. The molecule has 15 nitrogen and oxygen atoms in total. The SMILES string of the molecule is C.C.C.COC#N.COCOCOCOc1nc(C)nc(C)n1.COc1nc(OC)nc(OC)n1. The first-order chi connectivity index (χ1) is 15.4. The summed E-state index contributed by atoms with van der Waals surface area (Å²) in [6, 6.07) is 0.743. The lowest BCUT2D eigenvalue weighted by Crippen LogP contribution is -2.10. The van der Waals surface area contributed by atoms with E-state index in [4.69, 9.17) is 33.7 Å². The molecular weight excluding hydrogens is 466 g/mol. The number of nitrogens with zero attached hydrogens (tertiary/aromatic N) is 7. The highest BCUT2D eigenvalue weighted by molar-refractivity contribution is 5.08. The summed E-state index contributed by atoms with van der Waals surface area (Å²) in [6.45, 7) is 3.83. The number of nitriles is 1. The summed E-state index contributed by atoms with van der Waals surface area (Å²) >= 11 is 0. The second-order valence-electron chi connectivity index (χ2n) is 5.00. The molecule has 15 heteroatoms. The van der Waals surface area contributed by atoms with Crippen LogP contribution in [0.1, 0.15) is 33.9 Å². The average Bonchev–Trinajstić information content (AvgIpc) is 2.80. The van der Waals surface area contributed by atoms with Crippen molar-refractivity contribution in [3.63, 3.8) is 0 Å². The van der Waals surface area contributed by atoms with E-state index in [0.29, 0.717) is 11.6 Å². The van der Waals surface area contributed by atoms with E-state index < -0.39 is 0 Å². The Kier molecular flexibility index (Phi) is 27.6. The lowest BCUT2D eigenvalue weighted by Gasteiger charge is -2.06. The Balaban J connectivity index is -0.000000226. The van der Waals surface area contributed by atoms with Crippen molar-refractivity contribution >= 4 is 0 Å². The van der Waals surface area contributed by atoms with E-state index in [1.165, 1.54) is 41.8 Å². The molecule has 0 aliphatic rings. The zero-order valence-corrected chi connectivity index (χ0v) is 19.0. The molecule has 0 aliphatic heterocycles. The van der Waals surface area contributed by atoms with Crippen LogP contribution in [0.3, 0.4) is 0 Å². The predicted molar refractivity (Wildman–Crippen MR) is 126 cm³/mol. The summed E-state index contributed by atoms with van der Waals surface area (Å²) in [5.41, 5.74) is 0. The van der Waals surface area contributed by atoms with Crippen molar-refractivity contribution in [1.29, 1.82) is 5.26 Å². The quantitative estimate of drug-likeness (QED) is 0.261. The van der Waals surface area contributed by atoms with Crippen LogP contribution < -0.4 is 18.9 Å². The molecular formula is C20H39N7O8. The molecule has 0 saturated heterocycles. The highest BCUT2D eigenvalue weighted by atomic mass is 16.8. The molecule has 2 aromatic heterocycles. The van der Waals surface area contributed by atoms with Gasteiger partial charge in [0.15, 0.2) is 13.6 Å². The maximum absolute atomic E-state index is 7.40. The van der Waals surface area contributed by atoms with E-state index in [9.17, 15) is 0 Å². The molecule has 0 fully saturated rings. The van der Waals surface area contributed by atoms with Crippen LogP contribution in [0.4, 0.5) is 0 Å². The van der Waals surface area contributed by atoms with E-state index in [-0.39, 0.29) is 66.7 Å². The smallest absolute Gasteiger partial charge is 0.325 e. The van der Waals surface area contributed by atoms with Crippen molar-refractivity contribution in [2.45, 2.75) is 36.1 Å². The Hall–Kier alpha value is -3.61. The first-order valence-electron chi connectivity index (χ1n) is 8.70. The number of hydrogen-bond donors (Lipinski definition) is 0. The molecule has 0 amide bonds. The third kappa shape index (κ3) is 19.6. The van der Waals surface area contributed by atoms with E-state index >= 15 is 0 Å². The zero-order chi connectivity index (χ0) is 24.2. The predicted octanol–water partition coefficient (Wildman–Crippen LogP) is 2.34. The van der Waals surface area contributed by atoms with Gasteiger partial charge in [-0.05, 0) is 13.8 Å². The van der Waals surface area contributed by atoms with Gasteiger partial charge in [-0.1, -0.05) is 22.3 Å². The lowest BCUT2D eigenvalue weighted by atomic mass is 10.6. The van der Waals surface area contributed by atoms with Crippen LogP contribution in [-0.4, -0.2) is 85.8 Å². The van der Waals surface area contributed by atoms with Gasteiger partial charge >= 0.3 is 24.0 Å². The fraction of sp³-hybridized carbons (Fsp3) is 0.650. The summed E-state index contributed by atoms with van der Waals surface area (Å²) in [7, 11) is 7.21. The molecule has 2 aromatic rings. The number of rotatable bonds is 10. The van der Waals surface area contributed by atoms with Crippen molar-refractivity contribution in [3.8, 4) is 30.3 Å². The fourth-order valence-electron chi connectivity index (χ4n) is 1.55. The molecule has 202 valence electrons. The highest BCUT2D eigenvalue weighted by Gasteiger charge is 2.05. The normalized spacial score (nSPS) is 8.40. The van der Waals surface area contributed by atoms with Gasteiger partial charge in [0.25, 0.3) is 6.26 Å². The van der Waals surface area contributed by atoms with Gasteiger partial charge in [0.05, 0.1) is 28.4 Å². The molecule has 0 N–H and O–H groups in total. The largest absolute Gasteiger partial charge is 0.467 e. The maximum atomic E-state index is 7.40. The van der Waals surface area contributed by atoms with Gasteiger partial charge in [-0.25, -0.2) is 4.98 Å². The van der Waals surface area contributed by atoms with E-state index in [2.05, 4.69) is 39.4 Å². The molecule has 0 aliphatic carbocycles. The van der Waals surface area contributed by atoms with Crippen molar-refractivity contribution in [3.05, 3.63) is 11.6 Å². The highest BCUT2D eigenvalue weighted by Crippen LogP contribution is 2.12. The van der Waals surface area contributed by atoms with Crippen molar-refractivity contribution in [2.75, 3.05) is 55.9 Å². The number of aryl methyl sites for hydroxylation is 2. The maximum Gasteiger partial charge on any atom is 0.325 e. The second kappa shape index (κ2) is 25.0. The summed E-state index contributed by atoms with van der Waals surface area (Å²) < 4.78 is 37.9. The Labute approximate surface area is 207 Å². The zero-order valence-electron chi connectivity index (χ0n) is 19.0. The van der Waals surface area contributed by atoms with Crippen LogP contribution in [0.25, 0.3) is 0 Å². The summed E-state index contributed by atoms with van der Waals surface area (Å²) in [6.07, 6.45) is 1.43. The molecule has 0 unspecified atom stereocenters. The number of ether oxygens (including phenoxy) is 8. The van der Waals surface area contributed by atoms with Gasteiger partial charge in [-0.15, -0.1) is 15.0 Å². The van der Waals surface area contributed by atoms with Crippen LogP contribution in [-0.2, 0) is 18.9 Å². The fourth-order valence-corrected chi connectivity index (χ4v) is 1.55. The third-order valence-electron chi connectivity index (χ3n) is 2.69. The van der Waals surface area contributed by atoms with Crippen molar-refractivity contribution in [1.82, 2.24) is 29.9 Å². The van der Waals surface area contributed by atoms with Crippen LogP contribution in [0, 0.1) is 25.4 Å². The van der Waals surface area contributed by atoms with Gasteiger partial charge in [-0.2, -0.15) is 15.2 Å². The van der Waals surface area contributed by atoms with Crippen LogP contribution in [0.15, 0.2) is 0 Å². The van der Waals surface area contributed by atoms with Gasteiger partial charge in [0.2, 0.25) is 0 Å². The number of hydrogen-bond acceptors (Lipinski definition) is 15. The molecule has 0 spiro atoms. The standard InChI is InChI=1S/C9H15N3O4.C6H9N3O3.C2H3NO.3CH4/c1-7-10-8(2)12-9(11-7)16-6-15-5-14-4-13-3;1-10-4-7-5(11-2)9-6(8-4)12-3;1-4-2-3;;;/h4-6H2,1-3H3;1-3H3;1H3;3*1H4. The number of methoxy groups -OCH3 is 5. The summed E-state index contributed by atoms with van der Waals surface area (Å²) in [5.74, 6) is 1.22. The molecule has 0 atom stereocenters. The van der Waals surface area contributed by atoms with Crippen LogP contribution in [0.5, 0.6) is 24.0 Å². The van der Waals surface area contributed by atoms with Crippen LogP contribution in [0.2, 0.25) is 0 Å². The first-order valence-corrected chi connectivity index (χ1v) is 8.70. The molecule has 0 bridgehead atoms. The minimum absolute atomic E-state index is 0. The molecule has 2 rings (SSSR count). The van der Waals surface area contributed by atoms with E-state index in [1.807, 2.05) is 0 Å². The average molecular weight is 506 g/mol. The van der Waals surface area contributed by atoms with Gasteiger partial charge in [0.1, 0.15) is 18.4 Å². The minimum atomic E-state index is 0. The Morgan fingerprint density at radius 1 is 0.600 bits per heavy atom. The van der Waals surface area contributed by atoms with Crippen molar-refractivity contribution in [2.24, 2.45) is 0 Å². The Bertz CT molecular complexity index is 734. The molecule has 0 saturated carbocycles. The lowest BCUT2D eigenvalue weighted by molar-refractivity contribution is -0.146. The molecule has 2 heterocycles. The van der Waals surface area contributed by atoms with Gasteiger partial charge in [-0.3, -0.25) is 0 Å². The summed E-state index contributed by atoms with van der Waals surface area (Å²) in [4.78, 5) is 23.3. The summed E-state index contributed by atoms with van der Waals surface area (Å²) in [5, 5.41) is 7.40. The number of aromatic nitrogens is 6. The van der Waals surface area contributed by atoms with Crippen molar-refractivity contribution < 1.29 is 37.9 Å². The Morgan fingerprint density at radius 3 is 1.34 bits per heavy atom. The van der Waals surface area contributed by atoms with E-state index in [0.717, 1.165) is 0 Å². The topological polar surface area (TPSA) is 175 Å². The molecule has 0 aromatic carbocycles. The van der Waals surface area contributed by atoms with E-state index in [1.54, 1.807) is 13.8 Å². The van der Waals surface area contributed by atoms with Gasteiger partial charge < -0.3 is 37.9 Å². The minimum Gasteiger partial charge on any atom is -0.467 e. The second-order valence-corrected chi connectivity index (χ2v) is 5.00.